The van der Waals surface area contributed by atoms with Crippen LogP contribution in [0.25, 0.3) is 0 Å². The smallest absolute Gasteiger partial charge is 0.330 e. The topological polar surface area (TPSA) is 26.3 Å². The van der Waals surface area contributed by atoms with Crippen LogP contribution in [-0.4, -0.2) is 43.2 Å². The molecule has 0 atom stereocenters. The maximum absolute atomic E-state index is 11.2. The van der Waals surface area contributed by atoms with E-state index in [1.807, 2.05) is 0 Å². The standard InChI is InChI=1S/C21H42NO2.BrH/c1-5-9-10-11-12-13-14-15-16-17-18-22(7-3,8-4)19-20-24-21(23)6-2;/h6H,2,5,7-20H2,1,3-4H3;1H/q+1;/p-1. The van der Waals surface area contributed by atoms with Crippen molar-refractivity contribution in [1.29, 1.82) is 0 Å². The molecule has 0 amide bonds. The Bertz CT molecular complexity index is 317. The number of ether oxygens (including phenoxy) is 1. The molecule has 0 spiro atoms. The van der Waals surface area contributed by atoms with Crippen LogP contribution in [0.4, 0.5) is 0 Å². The first-order chi connectivity index (χ1) is 11.6. The summed E-state index contributed by atoms with van der Waals surface area (Å²) in [5.74, 6) is -0.306. The van der Waals surface area contributed by atoms with Gasteiger partial charge in [0, 0.05) is 6.08 Å². The van der Waals surface area contributed by atoms with Crippen LogP contribution in [0.3, 0.4) is 0 Å². The van der Waals surface area contributed by atoms with Crippen LogP contribution in [-0.2, 0) is 9.53 Å². The van der Waals surface area contributed by atoms with Gasteiger partial charge in [-0.15, -0.1) is 0 Å². The van der Waals surface area contributed by atoms with E-state index in [0.717, 1.165) is 24.1 Å². The lowest BCUT2D eigenvalue weighted by Crippen LogP contribution is -3.00. The summed E-state index contributed by atoms with van der Waals surface area (Å²) in [7, 11) is 0. The van der Waals surface area contributed by atoms with Crippen molar-refractivity contribution >= 4 is 5.97 Å². The first-order valence-corrected chi connectivity index (χ1v) is 10.3. The molecule has 0 aromatic carbocycles. The molecule has 0 radical (unpaired) electrons. The van der Waals surface area contributed by atoms with E-state index in [9.17, 15) is 4.79 Å². The molecule has 0 unspecified atom stereocenters. The Morgan fingerprint density at radius 1 is 0.840 bits per heavy atom. The lowest BCUT2D eigenvalue weighted by Gasteiger charge is -2.36. The Labute approximate surface area is 167 Å². The molecule has 0 aromatic rings. The fraction of sp³-hybridized carbons (Fsp3) is 0.857. The van der Waals surface area contributed by atoms with Crippen LogP contribution in [0.2, 0.25) is 0 Å². The number of likely N-dealkylation sites (N-methyl/N-ethyl adjacent to an activating group) is 1. The number of carbonyl (C=O) groups excluding carboxylic acids is 1. The van der Waals surface area contributed by atoms with Crippen molar-refractivity contribution in [3.63, 3.8) is 0 Å². The largest absolute Gasteiger partial charge is 1.00 e. The van der Waals surface area contributed by atoms with Gasteiger partial charge in [-0.05, 0) is 26.7 Å². The van der Waals surface area contributed by atoms with E-state index >= 15 is 0 Å². The SMILES string of the molecule is C=CC(=O)OCC[N+](CC)(CC)CCCCCCCCCCCC.[Br-]. The summed E-state index contributed by atoms with van der Waals surface area (Å²) in [5, 5.41) is 0. The van der Waals surface area contributed by atoms with Crippen molar-refractivity contribution in [2.45, 2.75) is 85.0 Å². The van der Waals surface area contributed by atoms with Gasteiger partial charge < -0.3 is 26.2 Å². The zero-order valence-corrected chi connectivity index (χ0v) is 18.6. The predicted octanol–water partition coefficient (Wildman–Crippen LogP) is 2.50. The molecule has 0 aromatic heterocycles. The Balaban J connectivity index is 0. The Morgan fingerprint density at radius 3 is 1.76 bits per heavy atom. The molecule has 0 bridgehead atoms. The molecule has 0 saturated carbocycles. The molecule has 150 valence electrons. The molecule has 0 rings (SSSR count). The minimum Gasteiger partial charge on any atom is -1.00 e. The summed E-state index contributed by atoms with van der Waals surface area (Å²) >= 11 is 0. The summed E-state index contributed by atoms with van der Waals surface area (Å²) in [6, 6.07) is 0. The van der Waals surface area contributed by atoms with E-state index in [1.165, 1.54) is 76.8 Å². The summed E-state index contributed by atoms with van der Waals surface area (Å²) in [6.07, 6.45) is 15.0. The predicted molar refractivity (Wildman–Crippen MR) is 104 cm³/mol. The monoisotopic (exact) mass is 419 g/mol. The molecule has 0 aliphatic rings. The van der Waals surface area contributed by atoms with Gasteiger partial charge in [-0.1, -0.05) is 64.9 Å². The number of carbonyl (C=O) groups is 1. The average Bonchev–Trinajstić information content (AvgIpc) is 2.61. The van der Waals surface area contributed by atoms with E-state index in [-0.39, 0.29) is 23.0 Å². The molecule has 0 aliphatic carbocycles. The molecule has 0 aliphatic heterocycles. The summed E-state index contributed by atoms with van der Waals surface area (Å²) in [4.78, 5) is 11.2. The molecule has 0 saturated heterocycles. The van der Waals surface area contributed by atoms with E-state index < -0.39 is 0 Å². The second-order valence-electron chi connectivity index (χ2n) is 6.97. The number of esters is 1. The van der Waals surface area contributed by atoms with E-state index in [2.05, 4.69) is 27.4 Å². The third kappa shape index (κ3) is 14.5. The first kappa shape index (κ1) is 26.9. The van der Waals surface area contributed by atoms with E-state index in [1.54, 1.807) is 0 Å². The van der Waals surface area contributed by atoms with Crippen molar-refractivity contribution in [3.8, 4) is 0 Å². The van der Waals surface area contributed by atoms with Crippen LogP contribution in [0.15, 0.2) is 12.7 Å². The zero-order chi connectivity index (χ0) is 18.1. The van der Waals surface area contributed by atoms with Crippen molar-refractivity contribution in [3.05, 3.63) is 12.7 Å². The Kier molecular flexibility index (Phi) is 19.8. The average molecular weight is 420 g/mol. The summed E-state index contributed by atoms with van der Waals surface area (Å²) in [6.45, 7) is 15.1. The number of nitrogens with zero attached hydrogens (tertiary/aromatic N) is 1. The molecule has 0 N–H and O–H groups in total. The highest BCUT2D eigenvalue weighted by Gasteiger charge is 2.22. The third-order valence-corrected chi connectivity index (χ3v) is 5.30. The second kappa shape index (κ2) is 18.4. The van der Waals surface area contributed by atoms with Gasteiger partial charge in [-0.3, -0.25) is 0 Å². The minimum atomic E-state index is -0.306. The zero-order valence-electron chi connectivity index (χ0n) is 17.0. The number of rotatable bonds is 17. The lowest BCUT2D eigenvalue weighted by atomic mass is 10.1. The summed E-state index contributed by atoms with van der Waals surface area (Å²) in [5.41, 5.74) is 0. The summed E-state index contributed by atoms with van der Waals surface area (Å²) < 4.78 is 6.23. The maximum Gasteiger partial charge on any atom is 0.330 e. The quantitative estimate of drug-likeness (QED) is 0.156. The van der Waals surface area contributed by atoms with Gasteiger partial charge in [0.05, 0.1) is 19.6 Å². The van der Waals surface area contributed by atoms with Crippen LogP contribution in [0.5, 0.6) is 0 Å². The normalized spacial score (nSPS) is 11.0. The highest BCUT2D eigenvalue weighted by molar-refractivity contribution is 5.81. The Morgan fingerprint density at radius 2 is 1.32 bits per heavy atom. The maximum atomic E-state index is 11.2. The van der Waals surface area contributed by atoms with Crippen molar-refractivity contribution in [2.75, 3.05) is 32.8 Å². The highest BCUT2D eigenvalue weighted by atomic mass is 79.9. The van der Waals surface area contributed by atoms with Crippen molar-refractivity contribution in [1.82, 2.24) is 0 Å². The number of halogens is 1. The van der Waals surface area contributed by atoms with Crippen LogP contribution in [0, 0.1) is 0 Å². The van der Waals surface area contributed by atoms with Gasteiger partial charge in [0.25, 0.3) is 0 Å². The van der Waals surface area contributed by atoms with Crippen molar-refractivity contribution < 1.29 is 31.0 Å². The molecule has 3 nitrogen and oxygen atoms in total. The minimum absolute atomic E-state index is 0. The third-order valence-electron chi connectivity index (χ3n) is 5.30. The van der Waals surface area contributed by atoms with Gasteiger partial charge in [0.1, 0.15) is 13.2 Å². The number of hydrogen-bond acceptors (Lipinski definition) is 2. The second-order valence-corrected chi connectivity index (χ2v) is 6.97. The van der Waals surface area contributed by atoms with Gasteiger partial charge >= 0.3 is 5.97 Å². The fourth-order valence-corrected chi connectivity index (χ4v) is 3.30. The van der Waals surface area contributed by atoms with E-state index in [4.69, 9.17) is 4.74 Å². The molecular weight excluding hydrogens is 378 g/mol. The van der Waals surface area contributed by atoms with Gasteiger partial charge in [-0.25, -0.2) is 4.79 Å². The first-order valence-electron chi connectivity index (χ1n) is 10.3. The molecule has 0 heterocycles. The fourth-order valence-electron chi connectivity index (χ4n) is 3.30. The van der Waals surface area contributed by atoms with E-state index in [0.29, 0.717) is 6.61 Å². The Hall–Kier alpha value is -0.350. The van der Waals surface area contributed by atoms with Gasteiger partial charge in [0.15, 0.2) is 0 Å². The molecular formula is C21H42BrNO2. The van der Waals surface area contributed by atoms with Crippen LogP contribution >= 0.6 is 0 Å². The number of hydrogen-bond donors (Lipinski definition) is 0. The molecule has 4 heteroatoms. The number of unbranched alkanes of at least 4 members (excludes halogenated alkanes) is 9. The van der Waals surface area contributed by atoms with Crippen molar-refractivity contribution in [2.24, 2.45) is 0 Å². The molecule has 25 heavy (non-hydrogen) atoms. The van der Waals surface area contributed by atoms with Gasteiger partial charge in [-0.2, -0.15) is 0 Å². The van der Waals surface area contributed by atoms with Crippen LogP contribution in [0.1, 0.15) is 85.0 Å². The van der Waals surface area contributed by atoms with Gasteiger partial charge in [0.2, 0.25) is 0 Å². The molecule has 0 fully saturated rings. The van der Waals surface area contributed by atoms with Crippen LogP contribution < -0.4 is 17.0 Å². The lowest BCUT2D eigenvalue weighted by molar-refractivity contribution is -0.925. The highest BCUT2D eigenvalue weighted by Crippen LogP contribution is 2.13. The number of quaternary nitrogens is 1.